The maximum absolute atomic E-state index is 12.0. The number of hydrogen-bond acceptors (Lipinski definition) is 5. The summed E-state index contributed by atoms with van der Waals surface area (Å²) in [5.41, 5.74) is 2.37. The Morgan fingerprint density at radius 3 is 2.74 bits per heavy atom. The Labute approximate surface area is 179 Å². The number of aliphatic carboxylic acids is 1. The molecule has 8 heteroatoms. The van der Waals surface area contributed by atoms with E-state index in [1.54, 1.807) is 10.7 Å². The van der Waals surface area contributed by atoms with Gasteiger partial charge in [0, 0.05) is 18.7 Å². The van der Waals surface area contributed by atoms with Crippen molar-refractivity contribution in [3.8, 4) is 0 Å². The van der Waals surface area contributed by atoms with Crippen LogP contribution >= 0.6 is 0 Å². The van der Waals surface area contributed by atoms with E-state index in [9.17, 15) is 14.7 Å². The molecule has 8 nitrogen and oxygen atoms in total. The normalized spacial score (nSPS) is 30.2. The van der Waals surface area contributed by atoms with Crippen LogP contribution in [0.3, 0.4) is 0 Å². The van der Waals surface area contributed by atoms with Crippen LogP contribution in [0.4, 0.5) is 5.69 Å². The van der Waals surface area contributed by atoms with Crippen LogP contribution < -0.4 is 5.76 Å². The fourth-order valence-corrected chi connectivity index (χ4v) is 5.01. The highest BCUT2D eigenvalue weighted by molar-refractivity contribution is 5.94. The molecule has 3 heterocycles. The Hall–Kier alpha value is -3.00. The molecule has 162 valence electrons. The van der Waals surface area contributed by atoms with Crippen molar-refractivity contribution in [2.45, 2.75) is 57.0 Å². The number of carboxylic acid groups (broad SMARTS) is 1. The van der Waals surface area contributed by atoms with E-state index in [0.29, 0.717) is 11.7 Å². The second kappa shape index (κ2) is 6.75. The highest BCUT2D eigenvalue weighted by Gasteiger charge is 2.59. The maximum atomic E-state index is 12.0. The fourth-order valence-electron chi connectivity index (χ4n) is 5.01. The third-order valence-electron chi connectivity index (χ3n) is 6.85. The van der Waals surface area contributed by atoms with E-state index in [4.69, 9.17) is 9.26 Å². The standard InChI is InChI=1S/C23H25N3O5/c1-13-10-23(13,20-24-21(29)31-25-20)12-26-17-5-4-14(8-16(17)9-18(26)19(27)28)15-6-7-30-22(2,3)11-15/h4-5,8-9,12-13,15H,6-7,10-11H2,1-3H3,(H-,24,25,27,28,29)/p+1/t13-,15-,23-/m0/s1. The summed E-state index contributed by atoms with van der Waals surface area (Å²) in [4.78, 5) is 26.2. The molecule has 1 aromatic carbocycles. The average Bonchev–Trinajstić information content (AvgIpc) is 3.02. The predicted molar refractivity (Wildman–Crippen MR) is 113 cm³/mol. The second-order valence-corrected chi connectivity index (χ2v) is 9.54. The summed E-state index contributed by atoms with van der Waals surface area (Å²) in [7, 11) is 0. The van der Waals surface area contributed by atoms with E-state index >= 15 is 0 Å². The third-order valence-corrected chi connectivity index (χ3v) is 6.85. The molecule has 2 N–H and O–H groups in total. The lowest BCUT2D eigenvalue weighted by molar-refractivity contribution is -0.372. The molecule has 2 aliphatic heterocycles. The third kappa shape index (κ3) is 3.35. The number of fused-ring (bicyclic) bond motifs is 1. The van der Waals surface area contributed by atoms with Gasteiger partial charge in [-0.25, -0.2) is 9.59 Å². The van der Waals surface area contributed by atoms with E-state index in [-0.39, 0.29) is 17.2 Å². The van der Waals surface area contributed by atoms with Crippen molar-refractivity contribution in [2.24, 2.45) is 5.92 Å². The summed E-state index contributed by atoms with van der Waals surface area (Å²) >= 11 is 0. The van der Waals surface area contributed by atoms with Crippen molar-refractivity contribution >= 4 is 23.9 Å². The molecule has 3 atom stereocenters. The molecular weight excluding hydrogens is 398 g/mol. The maximum Gasteiger partial charge on any atom is 0.438 e. The Bertz CT molecular complexity index is 1190. The van der Waals surface area contributed by atoms with Gasteiger partial charge in [-0.15, -0.1) is 0 Å². The van der Waals surface area contributed by atoms with E-state index in [1.165, 1.54) is 5.56 Å². The van der Waals surface area contributed by atoms with Crippen molar-refractivity contribution in [3.63, 3.8) is 0 Å². The van der Waals surface area contributed by atoms with Crippen LogP contribution in [0.2, 0.25) is 0 Å². The first kappa shape index (κ1) is 19.9. The monoisotopic (exact) mass is 424 g/mol. The molecule has 0 spiro atoms. The van der Waals surface area contributed by atoms with E-state index in [0.717, 1.165) is 37.1 Å². The molecule has 2 aromatic rings. The highest BCUT2D eigenvalue weighted by atomic mass is 16.5. The lowest BCUT2D eigenvalue weighted by Gasteiger charge is -2.35. The number of benzene rings is 1. The first-order valence-electron chi connectivity index (χ1n) is 10.6. The van der Waals surface area contributed by atoms with Crippen molar-refractivity contribution in [1.82, 2.24) is 10.1 Å². The molecule has 0 unspecified atom stereocenters. The summed E-state index contributed by atoms with van der Waals surface area (Å²) in [6.45, 7) is 6.98. The van der Waals surface area contributed by atoms with Crippen molar-refractivity contribution in [3.05, 3.63) is 51.4 Å². The van der Waals surface area contributed by atoms with Gasteiger partial charge in [0.05, 0.1) is 11.2 Å². The average molecular weight is 424 g/mol. The van der Waals surface area contributed by atoms with Gasteiger partial charge in [0.2, 0.25) is 5.69 Å². The summed E-state index contributed by atoms with van der Waals surface area (Å²) in [6, 6.07) is 6.17. The number of ether oxygens (including phenoxy) is 1. The molecule has 0 radical (unpaired) electrons. The van der Waals surface area contributed by atoms with Crippen LogP contribution in [0.15, 0.2) is 33.2 Å². The Morgan fingerprint density at radius 2 is 2.13 bits per heavy atom. The number of aromatic amines is 1. The summed E-state index contributed by atoms with van der Waals surface area (Å²) in [5.74, 6) is -0.593. The minimum Gasteiger partial charge on any atom is -0.473 e. The van der Waals surface area contributed by atoms with E-state index in [2.05, 4.69) is 36.1 Å². The zero-order valence-corrected chi connectivity index (χ0v) is 17.8. The lowest BCUT2D eigenvalue weighted by Crippen LogP contribution is -2.33. The van der Waals surface area contributed by atoms with Crippen LogP contribution in [-0.4, -0.2) is 44.2 Å². The predicted octanol–water partition coefficient (Wildman–Crippen LogP) is 3.17. The van der Waals surface area contributed by atoms with Gasteiger partial charge in [-0.2, -0.15) is 4.58 Å². The molecule has 3 aliphatic rings. The number of nitrogens with one attached hydrogen (secondary N) is 1. The van der Waals surface area contributed by atoms with Crippen molar-refractivity contribution in [2.75, 3.05) is 6.61 Å². The van der Waals surface area contributed by atoms with Crippen molar-refractivity contribution in [1.29, 1.82) is 0 Å². The van der Waals surface area contributed by atoms with Gasteiger partial charge in [-0.05, 0) is 56.6 Å². The lowest BCUT2D eigenvalue weighted by atomic mass is 9.83. The molecule has 1 aromatic heterocycles. The molecule has 5 rings (SSSR count). The molecule has 0 amide bonds. The zero-order valence-electron chi connectivity index (χ0n) is 17.8. The Balaban J connectivity index is 1.55. The Morgan fingerprint density at radius 1 is 1.35 bits per heavy atom. The summed E-state index contributed by atoms with van der Waals surface area (Å²) < 4.78 is 12.3. The number of carbonyl (C=O) groups is 1. The minimum absolute atomic E-state index is 0.160. The number of H-pyrrole nitrogens is 1. The van der Waals surface area contributed by atoms with Gasteiger partial charge in [-0.3, -0.25) is 9.51 Å². The quantitative estimate of drug-likeness (QED) is 0.730. The minimum atomic E-state index is -1.00. The van der Waals surface area contributed by atoms with E-state index < -0.39 is 17.1 Å². The van der Waals surface area contributed by atoms with Crippen molar-refractivity contribution < 1.29 is 23.7 Å². The highest BCUT2D eigenvalue weighted by Crippen LogP contribution is 2.52. The van der Waals surface area contributed by atoms with Gasteiger partial charge in [0.1, 0.15) is 5.41 Å². The van der Waals surface area contributed by atoms with E-state index in [1.807, 2.05) is 19.2 Å². The van der Waals surface area contributed by atoms with Crippen LogP contribution in [0.25, 0.3) is 6.08 Å². The first-order chi connectivity index (χ1) is 14.7. The van der Waals surface area contributed by atoms with Gasteiger partial charge in [0.25, 0.3) is 5.70 Å². The zero-order chi connectivity index (χ0) is 22.0. The van der Waals surface area contributed by atoms with Crippen LogP contribution in [0.1, 0.15) is 62.9 Å². The number of carboxylic acids is 1. The molecule has 2 fully saturated rings. The molecule has 1 saturated heterocycles. The number of hydrogen-bond donors (Lipinski definition) is 2. The summed E-state index contributed by atoms with van der Waals surface area (Å²) in [6.07, 6.45) is 6.22. The summed E-state index contributed by atoms with van der Waals surface area (Å²) in [5, 5.41) is 13.7. The number of aromatic nitrogens is 2. The first-order valence-corrected chi connectivity index (χ1v) is 10.6. The largest absolute Gasteiger partial charge is 0.473 e. The van der Waals surface area contributed by atoms with Gasteiger partial charge in [0.15, 0.2) is 12.0 Å². The topological polar surface area (TPSA) is 108 Å². The Kier molecular flexibility index (Phi) is 4.34. The molecule has 1 aliphatic carbocycles. The van der Waals surface area contributed by atoms with Crippen LogP contribution in [0.5, 0.6) is 0 Å². The molecule has 31 heavy (non-hydrogen) atoms. The molecule has 0 bridgehead atoms. The molecular formula is C23H26N3O5+. The fraction of sp³-hybridized carbons (Fsp3) is 0.478. The SMILES string of the molecule is C[C@H]1C[C@@]1(C=[N+]1C(C(=O)O)=Cc2cc([C@H]3CCOC(C)(C)C3)ccc21)c1noc(=O)[nH]1. The van der Waals surface area contributed by atoms with Gasteiger partial charge >= 0.3 is 11.7 Å². The van der Waals surface area contributed by atoms with Gasteiger partial charge < -0.3 is 9.84 Å². The van der Waals surface area contributed by atoms with Gasteiger partial charge in [-0.1, -0.05) is 18.1 Å². The smallest absolute Gasteiger partial charge is 0.438 e. The molecule has 1 saturated carbocycles. The van der Waals surface area contributed by atoms with Crippen LogP contribution in [0, 0.1) is 5.92 Å². The van der Waals surface area contributed by atoms with Crippen LogP contribution in [-0.2, 0) is 14.9 Å². The number of nitrogens with zero attached hydrogens (tertiary/aromatic N) is 2. The second-order valence-electron chi connectivity index (χ2n) is 9.54. The number of rotatable bonds is 4.